The number of carbonyl (C=O) groups is 1. The zero-order valence-corrected chi connectivity index (χ0v) is 19.1. The van der Waals surface area contributed by atoms with Crippen molar-refractivity contribution in [2.75, 3.05) is 12.4 Å². The molecule has 4 aromatic rings. The van der Waals surface area contributed by atoms with Crippen molar-refractivity contribution >= 4 is 39.9 Å². The minimum atomic E-state index is -0.472. The van der Waals surface area contributed by atoms with Gasteiger partial charge in [0.15, 0.2) is 5.11 Å². The average molecular weight is 462 g/mol. The molecule has 4 rings (SSSR count). The van der Waals surface area contributed by atoms with Crippen LogP contribution in [-0.4, -0.2) is 28.1 Å². The molecular formula is C25H23N3O4S. The van der Waals surface area contributed by atoms with Crippen molar-refractivity contribution < 1.29 is 13.9 Å². The first-order valence-corrected chi connectivity index (χ1v) is 10.7. The third-order valence-corrected chi connectivity index (χ3v) is 5.59. The van der Waals surface area contributed by atoms with Crippen LogP contribution in [0.15, 0.2) is 76.1 Å². The Hall–Kier alpha value is -3.91. The molecule has 33 heavy (non-hydrogen) atoms. The fraction of sp³-hybridized carbons (Fsp3) is 0.160. The fourth-order valence-electron chi connectivity index (χ4n) is 3.56. The summed E-state index contributed by atoms with van der Waals surface area (Å²) < 4.78 is 10.4. The van der Waals surface area contributed by atoms with Gasteiger partial charge in [-0.15, -0.1) is 0 Å². The number of aromatic amines is 1. The summed E-state index contributed by atoms with van der Waals surface area (Å²) in [5.41, 5.74) is 3.13. The third kappa shape index (κ3) is 5.12. The van der Waals surface area contributed by atoms with E-state index in [0.29, 0.717) is 34.2 Å². The van der Waals surface area contributed by atoms with Crippen LogP contribution in [0.4, 0.5) is 5.69 Å². The van der Waals surface area contributed by atoms with Gasteiger partial charge in [0, 0.05) is 11.1 Å². The van der Waals surface area contributed by atoms with E-state index in [2.05, 4.69) is 10.3 Å². The molecule has 0 unspecified atom stereocenters. The van der Waals surface area contributed by atoms with E-state index >= 15 is 0 Å². The maximum absolute atomic E-state index is 12.8. The Balaban J connectivity index is 1.66. The van der Waals surface area contributed by atoms with Crippen LogP contribution in [0.5, 0.6) is 0 Å². The smallest absolute Gasteiger partial charge is 0.339 e. The summed E-state index contributed by atoms with van der Waals surface area (Å²) in [6.07, 6.45) is 1.59. The molecule has 0 saturated heterocycles. The number of ether oxygens (including phenoxy) is 1. The number of aryl methyl sites for hydroxylation is 1. The highest BCUT2D eigenvalue weighted by molar-refractivity contribution is 7.80. The first kappa shape index (κ1) is 22.3. The lowest BCUT2D eigenvalue weighted by Gasteiger charge is -2.25. The zero-order valence-electron chi connectivity index (χ0n) is 18.3. The number of nitrogens with zero attached hydrogens (tertiary/aromatic N) is 1. The second-order valence-corrected chi connectivity index (χ2v) is 8.00. The van der Waals surface area contributed by atoms with E-state index in [1.165, 1.54) is 7.11 Å². The Morgan fingerprint density at radius 2 is 1.94 bits per heavy atom. The molecule has 8 heteroatoms. The number of methoxy groups -OCH3 is 1. The molecule has 0 amide bonds. The molecule has 0 aliphatic rings. The number of nitrogens with one attached hydrogen (secondary N) is 2. The summed E-state index contributed by atoms with van der Waals surface area (Å²) in [5.74, 6) is 0.216. The molecule has 2 aromatic heterocycles. The van der Waals surface area contributed by atoms with Gasteiger partial charge in [-0.05, 0) is 67.0 Å². The van der Waals surface area contributed by atoms with Gasteiger partial charge in [0.25, 0.3) is 5.56 Å². The predicted molar refractivity (Wildman–Crippen MR) is 131 cm³/mol. The lowest BCUT2D eigenvalue weighted by atomic mass is 10.1. The van der Waals surface area contributed by atoms with Crippen molar-refractivity contribution in [2.24, 2.45) is 0 Å². The Morgan fingerprint density at radius 3 is 2.70 bits per heavy atom. The van der Waals surface area contributed by atoms with Gasteiger partial charge in [-0.3, -0.25) is 4.79 Å². The van der Waals surface area contributed by atoms with E-state index in [0.717, 1.165) is 16.5 Å². The van der Waals surface area contributed by atoms with E-state index in [-0.39, 0.29) is 12.1 Å². The van der Waals surface area contributed by atoms with Crippen molar-refractivity contribution in [2.45, 2.75) is 20.0 Å². The van der Waals surface area contributed by atoms with Crippen LogP contribution in [0.1, 0.15) is 27.2 Å². The largest absolute Gasteiger partial charge is 0.467 e. The number of fused-ring (bicyclic) bond motifs is 1. The van der Waals surface area contributed by atoms with Crippen LogP contribution in [0.3, 0.4) is 0 Å². The van der Waals surface area contributed by atoms with Gasteiger partial charge in [-0.1, -0.05) is 23.8 Å². The molecule has 0 aliphatic carbocycles. The first-order valence-electron chi connectivity index (χ1n) is 10.3. The number of benzene rings is 2. The normalized spacial score (nSPS) is 10.7. The molecule has 0 fully saturated rings. The molecular weight excluding hydrogens is 438 g/mol. The van der Waals surface area contributed by atoms with E-state index in [9.17, 15) is 9.59 Å². The van der Waals surface area contributed by atoms with Crippen molar-refractivity contribution in [3.05, 3.63) is 99.7 Å². The highest BCUT2D eigenvalue weighted by Crippen LogP contribution is 2.19. The molecule has 2 heterocycles. The van der Waals surface area contributed by atoms with Gasteiger partial charge in [-0.2, -0.15) is 0 Å². The van der Waals surface area contributed by atoms with Gasteiger partial charge < -0.3 is 24.4 Å². The minimum Gasteiger partial charge on any atom is -0.467 e. The van der Waals surface area contributed by atoms with Gasteiger partial charge in [0.05, 0.1) is 37.7 Å². The average Bonchev–Trinajstić information content (AvgIpc) is 3.32. The Bertz CT molecular complexity index is 1360. The molecule has 0 bridgehead atoms. The number of aromatic nitrogens is 1. The van der Waals surface area contributed by atoms with Crippen LogP contribution in [0, 0.1) is 6.92 Å². The summed E-state index contributed by atoms with van der Waals surface area (Å²) in [6.45, 7) is 2.59. The molecule has 2 N–H and O–H groups in total. The Kier molecular flexibility index (Phi) is 6.55. The molecule has 0 saturated carbocycles. The van der Waals surface area contributed by atoms with Crippen LogP contribution in [0.2, 0.25) is 0 Å². The summed E-state index contributed by atoms with van der Waals surface area (Å²) >= 11 is 5.68. The summed E-state index contributed by atoms with van der Waals surface area (Å²) in [7, 11) is 1.33. The van der Waals surface area contributed by atoms with Crippen LogP contribution in [0.25, 0.3) is 10.9 Å². The topological polar surface area (TPSA) is 87.6 Å². The zero-order chi connectivity index (χ0) is 23.4. The van der Waals surface area contributed by atoms with Crippen molar-refractivity contribution in [3.63, 3.8) is 0 Å². The number of H-pyrrole nitrogens is 1. The number of para-hydroxylation sites is 1. The van der Waals surface area contributed by atoms with E-state index in [1.807, 2.05) is 42.2 Å². The summed E-state index contributed by atoms with van der Waals surface area (Å²) in [5, 5.41) is 4.41. The number of hydrogen-bond donors (Lipinski definition) is 2. The Morgan fingerprint density at radius 1 is 1.12 bits per heavy atom. The maximum Gasteiger partial charge on any atom is 0.339 e. The SMILES string of the molecule is COC(=O)c1ccccc1NC(=S)N(Cc1ccco1)Cc1cc2cc(C)ccc2[nH]c1=O. The van der Waals surface area contributed by atoms with Gasteiger partial charge >= 0.3 is 5.97 Å². The van der Waals surface area contributed by atoms with Crippen molar-refractivity contribution in [1.82, 2.24) is 9.88 Å². The van der Waals surface area contributed by atoms with E-state index in [4.69, 9.17) is 21.4 Å². The summed E-state index contributed by atoms with van der Waals surface area (Å²) in [4.78, 5) is 29.7. The van der Waals surface area contributed by atoms with Gasteiger partial charge in [0.2, 0.25) is 0 Å². The predicted octanol–water partition coefficient (Wildman–Crippen LogP) is 4.62. The molecule has 7 nitrogen and oxygen atoms in total. The minimum absolute atomic E-state index is 0.187. The first-order chi connectivity index (χ1) is 15.9. The monoisotopic (exact) mass is 461 g/mol. The molecule has 168 valence electrons. The quantitative estimate of drug-likeness (QED) is 0.320. The number of pyridine rings is 1. The highest BCUT2D eigenvalue weighted by atomic mass is 32.1. The molecule has 0 radical (unpaired) electrons. The fourth-order valence-corrected chi connectivity index (χ4v) is 3.80. The van der Waals surface area contributed by atoms with E-state index < -0.39 is 5.97 Å². The molecule has 2 aromatic carbocycles. The number of carbonyl (C=O) groups excluding carboxylic acids is 1. The number of thiocarbonyl (C=S) groups is 1. The standard InChI is InChI=1S/C25H23N3O4S/c1-16-9-10-21-17(12-16)13-18(23(29)26-21)14-28(15-19-6-5-11-32-19)25(33)27-22-8-4-3-7-20(22)24(30)31-2/h3-13H,14-15H2,1-2H3,(H,26,29)(H,27,33). The number of anilines is 1. The van der Waals surface area contributed by atoms with Gasteiger partial charge in [-0.25, -0.2) is 4.79 Å². The molecule has 0 spiro atoms. The molecule has 0 aliphatic heterocycles. The number of rotatable bonds is 6. The molecule has 0 atom stereocenters. The van der Waals surface area contributed by atoms with Crippen molar-refractivity contribution in [3.8, 4) is 0 Å². The number of hydrogen-bond acceptors (Lipinski definition) is 5. The maximum atomic E-state index is 12.8. The second kappa shape index (κ2) is 9.70. The van der Waals surface area contributed by atoms with Crippen LogP contribution in [-0.2, 0) is 17.8 Å². The van der Waals surface area contributed by atoms with E-state index in [1.54, 1.807) is 36.6 Å². The van der Waals surface area contributed by atoms with Gasteiger partial charge in [0.1, 0.15) is 5.76 Å². The second-order valence-electron chi connectivity index (χ2n) is 7.62. The van der Waals surface area contributed by atoms with Crippen LogP contribution >= 0.6 is 12.2 Å². The summed E-state index contributed by atoms with van der Waals surface area (Å²) in [6, 6.07) is 18.3. The Labute approximate surface area is 196 Å². The van der Waals surface area contributed by atoms with Crippen LogP contribution < -0.4 is 10.9 Å². The number of esters is 1. The third-order valence-electron chi connectivity index (χ3n) is 5.23. The number of furan rings is 1. The lowest BCUT2D eigenvalue weighted by Crippen LogP contribution is -2.35. The highest BCUT2D eigenvalue weighted by Gasteiger charge is 2.18. The lowest BCUT2D eigenvalue weighted by molar-refractivity contribution is 0.0602. The van der Waals surface area contributed by atoms with Crippen molar-refractivity contribution in [1.29, 1.82) is 0 Å².